The minimum atomic E-state index is -4.49. The Morgan fingerprint density at radius 2 is 0.820 bits per heavy atom. The molecule has 5 heterocycles. The van der Waals surface area contributed by atoms with Crippen LogP contribution in [0.2, 0.25) is 5.15 Å². The van der Waals surface area contributed by atoms with Crippen molar-refractivity contribution in [3.8, 4) is 6.07 Å². The average Bonchev–Trinajstić information content (AvgIpc) is 1.60. The second-order valence-electron chi connectivity index (χ2n) is 49.8. The highest BCUT2D eigenvalue weighted by Crippen LogP contribution is 2.72. The minimum absolute atomic E-state index is 0.00316. The van der Waals surface area contributed by atoms with Crippen molar-refractivity contribution in [2.45, 2.75) is 350 Å². The van der Waals surface area contributed by atoms with Gasteiger partial charge in [0, 0.05) is 61.4 Å². The van der Waals surface area contributed by atoms with Crippen LogP contribution < -0.4 is 0 Å². The maximum atomic E-state index is 13.7. The molecule has 1 aliphatic heterocycles. The number of aromatic nitrogens is 8. The summed E-state index contributed by atoms with van der Waals surface area (Å²) in [7, 11) is 0. The number of amides is 1. The number of aliphatic hydroxyl groups is 4. The van der Waals surface area contributed by atoms with E-state index in [0.717, 1.165) is 200 Å². The first-order chi connectivity index (χ1) is 62.8. The topological polar surface area (TPSA) is 273 Å². The molecule has 4 aromatic rings. The highest BCUT2D eigenvalue weighted by Gasteiger charge is 2.67. The summed E-state index contributed by atoms with van der Waals surface area (Å²) in [6.07, 6.45) is 37.7. The van der Waals surface area contributed by atoms with Gasteiger partial charge < -0.3 is 30.2 Å². The maximum Gasteiger partial charge on any atom is 0.435 e. The van der Waals surface area contributed by atoms with Crippen molar-refractivity contribution < 1.29 is 57.6 Å². The first-order valence-electron chi connectivity index (χ1n) is 52.2. The van der Waals surface area contributed by atoms with Crippen LogP contribution in [0.4, 0.5) is 24.7 Å². The molecule has 726 valence electrons. The van der Waals surface area contributed by atoms with Crippen LogP contribution in [0, 0.1) is 212 Å². The van der Waals surface area contributed by atoms with Gasteiger partial charge in [0.15, 0.2) is 46.2 Å². The lowest BCUT2D eigenvalue weighted by molar-refractivity contribution is -0.142. The van der Waals surface area contributed by atoms with Gasteiger partial charge in [-0.1, -0.05) is 78.7 Å². The Bertz CT molecular complexity index is 5140. The quantitative estimate of drug-likeness (QED) is 0.0907. The molecule has 4 N–H and O–H groups in total. The lowest BCUT2D eigenvalue weighted by atomic mass is 9.48. The van der Waals surface area contributed by atoms with Gasteiger partial charge in [-0.05, 0) is 409 Å². The molecule has 4 aromatic heterocycles. The Morgan fingerprint density at radius 1 is 0.466 bits per heavy atom. The minimum Gasteiger partial charge on any atom is -0.390 e. The number of nitriles is 1. The zero-order valence-electron chi connectivity index (χ0n) is 81.4. The van der Waals surface area contributed by atoms with Gasteiger partial charge in [0.2, 0.25) is 5.69 Å². The van der Waals surface area contributed by atoms with Crippen LogP contribution in [-0.2, 0) is 51.5 Å². The van der Waals surface area contributed by atoms with E-state index in [4.69, 9.17) is 30.0 Å². The molecule has 0 spiro atoms. The highest BCUT2D eigenvalue weighted by molar-refractivity contribution is 6.32. The van der Waals surface area contributed by atoms with Crippen LogP contribution in [0.3, 0.4) is 0 Å². The summed E-state index contributed by atoms with van der Waals surface area (Å²) in [6.45, 7) is 43.6. The Hall–Kier alpha value is -6.62. The van der Waals surface area contributed by atoms with Crippen molar-refractivity contribution in [1.82, 2.24) is 44.0 Å². The molecular formula is C108H152ClF3N12O9. The molecule has 0 bridgehead atoms. The molecule has 0 unspecified atom stereocenters. The third-order valence-electron chi connectivity index (χ3n) is 41.8. The molecule has 1 amide bonds. The van der Waals surface area contributed by atoms with Gasteiger partial charge in [0.1, 0.15) is 6.07 Å². The predicted octanol–water partition coefficient (Wildman–Crippen LogP) is 21.4. The van der Waals surface area contributed by atoms with E-state index in [1.165, 1.54) is 100 Å². The number of fused-ring (bicyclic) bond motifs is 20. The molecule has 36 atom stereocenters. The summed E-state index contributed by atoms with van der Waals surface area (Å²) in [5.74, 6) is 16.9. The van der Waals surface area contributed by atoms with Crippen molar-refractivity contribution >= 4 is 52.1 Å². The summed E-state index contributed by atoms with van der Waals surface area (Å²) in [6, 6.07) is 4.39. The number of hydrogen-bond donors (Lipinski definition) is 4. The number of hydrogen-bond acceptors (Lipinski definition) is 14. The number of halogens is 4. The summed E-state index contributed by atoms with van der Waals surface area (Å²) in [5.41, 5.74) is -1.72. The zero-order valence-corrected chi connectivity index (χ0v) is 82.2. The van der Waals surface area contributed by atoms with Crippen molar-refractivity contribution in [3.05, 3.63) is 81.9 Å². The monoisotopic (exact) mass is 1850 g/mol. The second-order valence-corrected chi connectivity index (χ2v) is 50.2. The molecule has 16 aliphatic carbocycles. The third kappa shape index (κ3) is 18.0. The van der Waals surface area contributed by atoms with Crippen molar-refractivity contribution in [2.24, 2.45) is 187 Å². The van der Waals surface area contributed by atoms with Gasteiger partial charge in [0.25, 0.3) is 11.7 Å². The van der Waals surface area contributed by atoms with Crippen LogP contribution >= 0.6 is 11.6 Å². The Kier molecular flexibility index (Phi) is 26.3. The molecule has 1 saturated heterocycles. The Morgan fingerprint density at radius 3 is 1.14 bits per heavy atom. The van der Waals surface area contributed by atoms with Crippen LogP contribution in [-0.4, -0.2) is 129 Å². The summed E-state index contributed by atoms with van der Waals surface area (Å²) in [4.78, 5) is 75.3. The van der Waals surface area contributed by atoms with Crippen molar-refractivity contribution in [1.29, 1.82) is 5.26 Å². The van der Waals surface area contributed by atoms with Gasteiger partial charge in [0.05, 0.1) is 60.4 Å². The zero-order chi connectivity index (χ0) is 94.7. The maximum absolute atomic E-state index is 13.7. The van der Waals surface area contributed by atoms with Crippen LogP contribution in [0.15, 0.2) is 36.9 Å². The van der Waals surface area contributed by atoms with E-state index in [9.17, 15) is 57.6 Å². The average molecular weight is 1850 g/mol. The smallest absolute Gasteiger partial charge is 0.390 e. The Labute approximate surface area is 792 Å². The van der Waals surface area contributed by atoms with Gasteiger partial charge in [-0.3, -0.25) is 38.0 Å². The molecule has 17 fully saturated rings. The third-order valence-corrected chi connectivity index (χ3v) is 42.0. The number of nitrogens with zero attached hydrogens (tertiary/aromatic N) is 12. The van der Waals surface area contributed by atoms with E-state index in [2.05, 4.69) is 85.5 Å². The number of carbonyl (C=O) groups excluding carboxylic acids is 5. The largest absolute Gasteiger partial charge is 0.435 e. The van der Waals surface area contributed by atoms with Gasteiger partial charge in [-0.25, -0.2) is 4.85 Å². The molecule has 0 aromatic carbocycles. The van der Waals surface area contributed by atoms with E-state index < -0.39 is 34.3 Å². The van der Waals surface area contributed by atoms with Crippen molar-refractivity contribution in [3.63, 3.8) is 0 Å². The van der Waals surface area contributed by atoms with E-state index >= 15 is 0 Å². The number of alkyl halides is 3. The van der Waals surface area contributed by atoms with Crippen LogP contribution in [0.25, 0.3) is 9.69 Å². The summed E-state index contributed by atoms with van der Waals surface area (Å²) >= 11 is 6.03. The van der Waals surface area contributed by atoms with Crippen molar-refractivity contribution in [2.75, 3.05) is 13.1 Å². The van der Waals surface area contributed by atoms with E-state index in [1.807, 2.05) is 38.7 Å². The molecule has 21 nitrogen and oxygen atoms in total. The van der Waals surface area contributed by atoms with Gasteiger partial charge in [-0.2, -0.15) is 38.4 Å². The number of Topliss-reactive ketones (excluding diaryl/α,β-unsaturated/α-hetero) is 4. The first-order valence-corrected chi connectivity index (χ1v) is 52.6. The van der Waals surface area contributed by atoms with Crippen LogP contribution in [0.5, 0.6) is 0 Å². The summed E-state index contributed by atoms with van der Waals surface area (Å²) < 4.78 is 44.6. The molecule has 0 radical (unpaired) electrons. The second kappa shape index (κ2) is 36.2. The van der Waals surface area contributed by atoms with E-state index in [1.54, 1.807) is 28.0 Å². The van der Waals surface area contributed by atoms with Gasteiger partial charge in [-0.15, -0.1) is 0 Å². The first kappa shape index (κ1) is 96.6. The standard InChI is InChI=1S/C29H43N3O3.C27H36N4O2.C26H36ClN3O2.C26H37F3N2O2/c1-18-13-24(25(33)17-32-16-20(15-30-32)27(34)31-11-4-12-31)29(3)10-8-22-21-7-9-28(2,35)14-19(21)5-6-23(22)26(18)29;1-16-11-22(23(32)15-31-24(29-4)12-18(14-28)30-31)27(3)10-8-20-19-7-9-26(2,33)13-17(19)5-6-21(20)25(16)27;1-15-11-20(22(31)14-30-13-21(28-4)24(27)29-30)26(3)10-8-18-17-7-9-25(2,32)12-16(17)5-6-19(18)23(15)26;1-15-12-20(21(32)14-31-11-8-22(30-31)26(27,28)29)25(3)10-7-18-17-6-9-24(2,33)13-16(17)4-5-19(18)23(15)25/h15-16,18-19,21-24,26,35H,4-14,17H2,1-3H3;12,16-17,19-22,25,33H,5-11,13,15H2,1-3H3;13,15-20,23,32H,5-12,14H2,1-3H3;8,11,15-20,23,33H,4-7,9-10,12-14H2,1-3H3/t18-,19-,21+,22-,23-,24-,26+,28-,29-;16-,17-,19+,20-,21-,22-,25+,26-,27-;15-,16-,17+,18-,19-,20-,23+,25-,26-;15-,16-,17+,18-,19-,20-,23+,24-,25-/m1111/s1. The molecule has 16 saturated carbocycles. The number of likely N-dealkylation sites (tertiary alicyclic amines) is 1. The fraction of sp³-hybridized carbons (Fsp3) is 0.815. The SMILES string of the molecule is C[C@@H]1C[C@H](C(=O)Cn2cc(C(=O)N3CCC3)cn2)[C@@]2(C)CC[C@H]3[C@@H](CC[C@@H]4C[C@](C)(O)CC[C@@H]43)[C@H]12.C[C@@H]1C[C@H](C(=O)Cn2ccc(C(F)(F)F)n2)[C@@]2(C)CC[C@H]3[C@@H](CC[C@@H]4C[C@](C)(O)CC[C@@H]43)[C@H]12.[C-]#[N+]c1cc(C#N)nn1CC(=O)[C@H]1C[C@@H](C)[C@H]2[C@@H]3CC[C@@H]4C[C@](C)(O)CC[C@@H]4[C@H]3CC[C@@]21C.[C-]#[N+]c1cn(CC(=O)[C@H]2C[C@@H](C)[C@H]3[C@@H]4CC[C@@H]5C[C@](C)(O)CC[C@@H]5[C@H]4CC[C@@]32C)nc1Cl. The fourth-order valence-electron chi connectivity index (χ4n) is 36.6. The summed E-state index contributed by atoms with van der Waals surface area (Å²) in [5, 5.41) is 68.2. The Balaban J connectivity index is 0.000000119. The fourth-order valence-corrected chi connectivity index (χ4v) is 36.8. The molecular weight excluding hydrogens is 1700 g/mol. The molecule has 25 heteroatoms. The lowest BCUT2D eigenvalue weighted by Crippen LogP contribution is -2.51. The van der Waals surface area contributed by atoms with Gasteiger partial charge >= 0.3 is 6.18 Å². The molecule has 17 aliphatic rings. The van der Waals surface area contributed by atoms with Crippen LogP contribution in [0.1, 0.15) is 317 Å². The highest BCUT2D eigenvalue weighted by atomic mass is 35.5. The predicted molar refractivity (Wildman–Crippen MR) is 500 cm³/mol. The normalized spacial score (nSPS) is 44.9. The number of carbonyl (C=O) groups is 5. The van der Waals surface area contributed by atoms with E-state index in [-0.39, 0.29) is 111 Å². The lowest BCUT2D eigenvalue weighted by Gasteiger charge is -2.57. The van der Waals surface area contributed by atoms with E-state index in [0.29, 0.717) is 112 Å². The number of ketones is 4. The number of rotatable bonds is 13. The molecule has 21 rings (SSSR count). The molecule has 133 heavy (non-hydrogen) atoms.